The molecule has 1 aromatic rings. The molecule has 120 valence electrons. The van der Waals surface area contributed by atoms with Crippen molar-refractivity contribution in [3.05, 3.63) is 34.9 Å². The zero-order valence-electron chi connectivity index (χ0n) is 13.7. The summed E-state index contributed by atoms with van der Waals surface area (Å²) in [7, 11) is 4.18. The topological polar surface area (TPSA) is 26.7 Å². The molecule has 1 unspecified atom stereocenters. The van der Waals surface area contributed by atoms with E-state index < -0.39 is 6.10 Å². The SMILES string of the molecule is CC(C)CN(CCC(O)c1ccccc1Cl)CCN(C)C. The van der Waals surface area contributed by atoms with Crippen molar-refractivity contribution in [3.8, 4) is 0 Å². The van der Waals surface area contributed by atoms with E-state index in [-0.39, 0.29) is 0 Å². The monoisotopic (exact) mass is 312 g/mol. The molecule has 0 saturated heterocycles. The Bertz CT molecular complexity index is 410. The van der Waals surface area contributed by atoms with E-state index in [1.165, 1.54) is 0 Å². The van der Waals surface area contributed by atoms with Crippen LogP contribution in [0.5, 0.6) is 0 Å². The standard InChI is InChI=1S/C17H29ClN2O/c1-14(2)13-20(12-11-19(3)4)10-9-17(21)15-7-5-6-8-16(15)18/h5-8,14,17,21H,9-13H2,1-4H3. The summed E-state index contributed by atoms with van der Waals surface area (Å²) in [6.45, 7) is 8.47. The highest BCUT2D eigenvalue weighted by atomic mass is 35.5. The van der Waals surface area contributed by atoms with Gasteiger partial charge in [0.15, 0.2) is 0 Å². The number of hydrogen-bond donors (Lipinski definition) is 1. The van der Waals surface area contributed by atoms with Gasteiger partial charge in [0.2, 0.25) is 0 Å². The number of halogens is 1. The Hall–Kier alpha value is -0.610. The van der Waals surface area contributed by atoms with Gasteiger partial charge in [-0.25, -0.2) is 0 Å². The van der Waals surface area contributed by atoms with Crippen LogP contribution in [-0.4, -0.2) is 55.2 Å². The summed E-state index contributed by atoms with van der Waals surface area (Å²) in [5, 5.41) is 11.0. The molecule has 0 heterocycles. The number of aliphatic hydroxyl groups excluding tert-OH is 1. The molecule has 3 nitrogen and oxygen atoms in total. The minimum absolute atomic E-state index is 0.493. The summed E-state index contributed by atoms with van der Waals surface area (Å²) in [6.07, 6.45) is 0.219. The van der Waals surface area contributed by atoms with Crippen LogP contribution in [0.3, 0.4) is 0 Å². The van der Waals surface area contributed by atoms with Gasteiger partial charge in [-0.3, -0.25) is 0 Å². The van der Waals surface area contributed by atoms with E-state index in [9.17, 15) is 5.11 Å². The Morgan fingerprint density at radius 1 is 1.10 bits per heavy atom. The Kier molecular flexibility index (Phi) is 8.27. The fourth-order valence-corrected chi connectivity index (χ4v) is 2.62. The molecular weight excluding hydrogens is 284 g/mol. The number of likely N-dealkylation sites (N-methyl/N-ethyl adjacent to an activating group) is 1. The lowest BCUT2D eigenvalue weighted by molar-refractivity contribution is 0.133. The second-order valence-electron chi connectivity index (χ2n) is 6.32. The Labute approximate surface area is 134 Å². The molecule has 1 aromatic carbocycles. The van der Waals surface area contributed by atoms with E-state index in [0.29, 0.717) is 17.4 Å². The quantitative estimate of drug-likeness (QED) is 0.758. The first-order chi connectivity index (χ1) is 9.90. The third-order valence-corrected chi connectivity index (χ3v) is 3.81. The van der Waals surface area contributed by atoms with Crippen LogP contribution in [0.4, 0.5) is 0 Å². The van der Waals surface area contributed by atoms with E-state index >= 15 is 0 Å². The summed E-state index contributed by atoms with van der Waals surface area (Å²) in [6, 6.07) is 7.54. The van der Waals surface area contributed by atoms with Gasteiger partial charge in [0.1, 0.15) is 0 Å². The van der Waals surface area contributed by atoms with Gasteiger partial charge in [-0.15, -0.1) is 0 Å². The molecule has 0 amide bonds. The van der Waals surface area contributed by atoms with Crippen LogP contribution in [0, 0.1) is 5.92 Å². The average molecular weight is 313 g/mol. The Balaban J connectivity index is 2.53. The highest BCUT2D eigenvalue weighted by Gasteiger charge is 2.14. The normalized spacial score (nSPS) is 13.4. The lowest BCUT2D eigenvalue weighted by Gasteiger charge is -2.27. The zero-order chi connectivity index (χ0) is 15.8. The zero-order valence-corrected chi connectivity index (χ0v) is 14.5. The maximum absolute atomic E-state index is 10.3. The predicted octanol–water partition coefficient (Wildman–Crippen LogP) is 3.28. The first-order valence-electron chi connectivity index (χ1n) is 7.69. The summed E-state index contributed by atoms with van der Waals surface area (Å²) < 4.78 is 0. The smallest absolute Gasteiger partial charge is 0.0816 e. The Morgan fingerprint density at radius 3 is 2.33 bits per heavy atom. The van der Waals surface area contributed by atoms with Crippen LogP contribution in [0.2, 0.25) is 5.02 Å². The molecule has 0 aliphatic carbocycles. The minimum Gasteiger partial charge on any atom is -0.388 e. The minimum atomic E-state index is -0.493. The van der Waals surface area contributed by atoms with Gasteiger partial charge in [-0.2, -0.15) is 0 Å². The summed E-state index contributed by atoms with van der Waals surface area (Å²) in [5.74, 6) is 0.629. The van der Waals surface area contributed by atoms with Crippen LogP contribution in [-0.2, 0) is 0 Å². The van der Waals surface area contributed by atoms with E-state index in [4.69, 9.17) is 11.6 Å². The molecule has 0 aliphatic rings. The third-order valence-electron chi connectivity index (χ3n) is 3.47. The van der Waals surface area contributed by atoms with Gasteiger partial charge in [0, 0.05) is 31.2 Å². The number of benzene rings is 1. The fraction of sp³-hybridized carbons (Fsp3) is 0.647. The number of rotatable bonds is 9. The maximum atomic E-state index is 10.3. The lowest BCUT2D eigenvalue weighted by atomic mass is 10.1. The van der Waals surface area contributed by atoms with Crippen molar-refractivity contribution in [2.45, 2.75) is 26.4 Å². The highest BCUT2D eigenvalue weighted by molar-refractivity contribution is 6.31. The number of aliphatic hydroxyl groups is 1. The summed E-state index contributed by atoms with van der Waals surface area (Å²) in [4.78, 5) is 4.61. The van der Waals surface area contributed by atoms with E-state index in [2.05, 4.69) is 37.7 Å². The Morgan fingerprint density at radius 2 is 1.76 bits per heavy atom. The van der Waals surface area contributed by atoms with E-state index in [1.807, 2.05) is 24.3 Å². The van der Waals surface area contributed by atoms with Gasteiger partial charge in [0.05, 0.1) is 6.10 Å². The van der Waals surface area contributed by atoms with Crippen molar-refractivity contribution < 1.29 is 5.11 Å². The van der Waals surface area contributed by atoms with Crippen LogP contribution in [0.15, 0.2) is 24.3 Å². The van der Waals surface area contributed by atoms with Gasteiger partial charge >= 0.3 is 0 Å². The molecule has 21 heavy (non-hydrogen) atoms. The van der Waals surface area contributed by atoms with Crippen molar-refractivity contribution in [3.63, 3.8) is 0 Å². The first-order valence-corrected chi connectivity index (χ1v) is 8.07. The van der Waals surface area contributed by atoms with Gasteiger partial charge in [0.25, 0.3) is 0 Å². The van der Waals surface area contributed by atoms with Crippen molar-refractivity contribution in [2.24, 2.45) is 5.92 Å². The van der Waals surface area contributed by atoms with Gasteiger partial charge < -0.3 is 14.9 Å². The molecule has 0 radical (unpaired) electrons. The molecule has 0 spiro atoms. The number of hydrogen-bond acceptors (Lipinski definition) is 3. The molecule has 4 heteroatoms. The van der Waals surface area contributed by atoms with E-state index in [1.54, 1.807) is 0 Å². The molecule has 0 aliphatic heterocycles. The molecule has 0 fully saturated rings. The molecule has 0 saturated carbocycles. The van der Waals surface area contributed by atoms with Crippen molar-refractivity contribution >= 4 is 11.6 Å². The molecular formula is C17H29ClN2O. The second-order valence-corrected chi connectivity index (χ2v) is 6.73. The van der Waals surface area contributed by atoms with Crippen LogP contribution < -0.4 is 0 Å². The largest absolute Gasteiger partial charge is 0.388 e. The summed E-state index contributed by atoms with van der Waals surface area (Å²) >= 11 is 6.14. The first kappa shape index (κ1) is 18.4. The van der Waals surface area contributed by atoms with Gasteiger partial charge in [-0.05, 0) is 38.1 Å². The molecule has 1 N–H and O–H groups in total. The third kappa shape index (κ3) is 7.28. The van der Waals surface area contributed by atoms with Crippen LogP contribution in [0.1, 0.15) is 31.9 Å². The maximum Gasteiger partial charge on any atom is 0.0816 e. The van der Waals surface area contributed by atoms with Crippen LogP contribution in [0.25, 0.3) is 0 Å². The lowest BCUT2D eigenvalue weighted by Crippen LogP contribution is -2.35. The fourth-order valence-electron chi connectivity index (χ4n) is 2.36. The molecule has 1 atom stereocenters. The molecule has 1 rings (SSSR count). The molecule has 0 bridgehead atoms. The van der Waals surface area contributed by atoms with E-state index in [0.717, 1.165) is 31.7 Å². The second kappa shape index (κ2) is 9.42. The summed E-state index contributed by atoms with van der Waals surface area (Å²) in [5.41, 5.74) is 0.830. The number of nitrogens with zero attached hydrogens (tertiary/aromatic N) is 2. The van der Waals surface area contributed by atoms with Crippen molar-refractivity contribution in [1.29, 1.82) is 0 Å². The average Bonchev–Trinajstić information content (AvgIpc) is 2.41. The molecule has 0 aromatic heterocycles. The van der Waals surface area contributed by atoms with Gasteiger partial charge in [-0.1, -0.05) is 43.6 Å². The predicted molar refractivity (Wildman–Crippen MR) is 90.9 cm³/mol. The van der Waals surface area contributed by atoms with Crippen molar-refractivity contribution in [1.82, 2.24) is 9.80 Å². The van der Waals surface area contributed by atoms with Crippen LogP contribution >= 0.6 is 11.6 Å². The highest BCUT2D eigenvalue weighted by Crippen LogP contribution is 2.25. The van der Waals surface area contributed by atoms with Crippen molar-refractivity contribution in [2.75, 3.05) is 40.3 Å².